The summed E-state index contributed by atoms with van der Waals surface area (Å²) in [5.74, 6) is -0.131. The molecule has 0 saturated carbocycles. The number of benzene rings is 1. The van der Waals surface area contributed by atoms with E-state index < -0.39 is 11.4 Å². The number of carboxylic acid groups (broad SMARTS) is 1. The van der Waals surface area contributed by atoms with Crippen LogP contribution in [0.3, 0.4) is 0 Å². The molecule has 6 heteroatoms. The van der Waals surface area contributed by atoms with E-state index in [1.165, 1.54) is 12.3 Å². The lowest BCUT2D eigenvalue weighted by atomic mass is 9.85. The Hall–Kier alpha value is -2.60. The summed E-state index contributed by atoms with van der Waals surface area (Å²) in [7, 11) is 3.33. The second-order valence-electron chi connectivity index (χ2n) is 7.58. The van der Waals surface area contributed by atoms with Gasteiger partial charge in [0, 0.05) is 37.6 Å². The van der Waals surface area contributed by atoms with Crippen LogP contribution >= 0.6 is 0 Å². The van der Waals surface area contributed by atoms with Crippen LogP contribution in [0.25, 0.3) is 11.3 Å². The SMILES string of the molecule is COCCCc1cc2c(cc1OC)-c1cc(=O)c(C(=O)O)cn1C(C(C)C)C2. The molecule has 150 valence electrons. The highest BCUT2D eigenvalue weighted by Gasteiger charge is 2.29. The lowest BCUT2D eigenvalue weighted by Gasteiger charge is -2.34. The molecule has 0 amide bonds. The van der Waals surface area contributed by atoms with Crippen molar-refractivity contribution in [2.75, 3.05) is 20.8 Å². The fraction of sp³-hybridized carbons (Fsp3) is 0.455. The van der Waals surface area contributed by atoms with Crippen molar-refractivity contribution in [1.82, 2.24) is 4.57 Å². The van der Waals surface area contributed by atoms with Crippen LogP contribution in [-0.2, 0) is 17.6 Å². The van der Waals surface area contributed by atoms with E-state index in [-0.39, 0.29) is 17.5 Å². The monoisotopic (exact) mass is 385 g/mol. The minimum Gasteiger partial charge on any atom is -0.496 e. The molecule has 6 nitrogen and oxygen atoms in total. The van der Waals surface area contributed by atoms with Crippen molar-refractivity contribution in [1.29, 1.82) is 0 Å². The predicted octanol–water partition coefficient (Wildman–Crippen LogP) is 3.55. The number of nitrogens with zero attached hydrogens (tertiary/aromatic N) is 1. The summed E-state index contributed by atoms with van der Waals surface area (Å²) in [6.07, 6.45) is 4.02. The van der Waals surface area contributed by atoms with E-state index in [9.17, 15) is 14.7 Å². The molecular weight excluding hydrogens is 358 g/mol. The third-order valence-electron chi connectivity index (χ3n) is 5.44. The fourth-order valence-corrected chi connectivity index (χ4v) is 3.96. The molecule has 0 fully saturated rings. The third kappa shape index (κ3) is 3.69. The van der Waals surface area contributed by atoms with Gasteiger partial charge in [0.25, 0.3) is 0 Å². The van der Waals surface area contributed by atoms with Crippen LogP contribution < -0.4 is 10.2 Å². The largest absolute Gasteiger partial charge is 0.496 e. The van der Waals surface area contributed by atoms with Gasteiger partial charge in [-0.1, -0.05) is 19.9 Å². The maximum Gasteiger partial charge on any atom is 0.341 e. The number of rotatable bonds is 7. The Balaban J connectivity index is 2.17. The molecule has 1 aliphatic rings. The van der Waals surface area contributed by atoms with Crippen molar-refractivity contribution in [2.45, 2.75) is 39.2 Å². The van der Waals surface area contributed by atoms with E-state index in [0.29, 0.717) is 6.61 Å². The van der Waals surface area contributed by atoms with Crippen molar-refractivity contribution < 1.29 is 19.4 Å². The smallest absolute Gasteiger partial charge is 0.341 e. The first-order valence-electron chi connectivity index (χ1n) is 9.56. The molecule has 0 spiro atoms. The number of carbonyl (C=O) groups is 1. The van der Waals surface area contributed by atoms with Gasteiger partial charge < -0.3 is 19.1 Å². The minimum atomic E-state index is -1.19. The number of aryl methyl sites for hydroxylation is 1. The Bertz CT molecular complexity index is 945. The van der Waals surface area contributed by atoms with E-state index in [1.54, 1.807) is 14.2 Å². The van der Waals surface area contributed by atoms with Crippen molar-refractivity contribution in [3.63, 3.8) is 0 Å². The number of hydrogen-bond acceptors (Lipinski definition) is 4. The fourth-order valence-electron chi connectivity index (χ4n) is 3.96. The molecule has 0 bridgehead atoms. The van der Waals surface area contributed by atoms with Gasteiger partial charge in [0.05, 0.1) is 12.8 Å². The Labute approximate surface area is 164 Å². The van der Waals surface area contributed by atoms with E-state index in [4.69, 9.17) is 9.47 Å². The molecule has 1 aromatic carbocycles. The van der Waals surface area contributed by atoms with Crippen LogP contribution in [0.1, 0.15) is 47.8 Å². The molecule has 0 radical (unpaired) electrons. The summed E-state index contributed by atoms with van der Waals surface area (Å²) < 4.78 is 12.7. The van der Waals surface area contributed by atoms with Gasteiger partial charge >= 0.3 is 5.97 Å². The van der Waals surface area contributed by atoms with E-state index in [2.05, 4.69) is 19.9 Å². The van der Waals surface area contributed by atoms with Crippen LogP contribution in [0.5, 0.6) is 5.75 Å². The van der Waals surface area contributed by atoms with E-state index in [1.807, 2.05) is 10.6 Å². The Morgan fingerprint density at radius 3 is 2.64 bits per heavy atom. The van der Waals surface area contributed by atoms with Gasteiger partial charge in [0.1, 0.15) is 11.3 Å². The van der Waals surface area contributed by atoms with Crippen LogP contribution in [-0.4, -0.2) is 36.5 Å². The van der Waals surface area contributed by atoms with Gasteiger partial charge in [-0.2, -0.15) is 0 Å². The maximum atomic E-state index is 12.4. The van der Waals surface area contributed by atoms with Gasteiger partial charge in [-0.15, -0.1) is 0 Å². The number of aromatic carboxylic acids is 1. The number of hydrogen-bond donors (Lipinski definition) is 1. The van der Waals surface area contributed by atoms with E-state index >= 15 is 0 Å². The molecule has 1 N–H and O–H groups in total. The summed E-state index contributed by atoms with van der Waals surface area (Å²) >= 11 is 0. The number of aromatic nitrogens is 1. The molecule has 1 aliphatic heterocycles. The van der Waals surface area contributed by atoms with Gasteiger partial charge in [0.15, 0.2) is 5.43 Å². The van der Waals surface area contributed by atoms with Crippen LogP contribution in [0.4, 0.5) is 0 Å². The summed E-state index contributed by atoms with van der Waals surface area (Å²) in [6, 6.07) is 5.67. The third-order valence-corrected chi connectivity index (χ3v) is 5.44. The molecule has 0 saturated heterocycles. The molecule has 1 unspecified atom stereocenters. The predicted molar refractivity (Wildman–Crippen MR) is 107 cm³/mol. The zero-order valence-electron chi connectivity index (χ0n) is 16.8. The minimum absolute atomic E-state index is 0.0846. The quantitative estimate of drug-likeness (QED) is 0.738. The lowest BCUT2D eigenvalue weighted by Crippen LogP contribution is -2.28. The number of fused-ring (bicyclic) bond motifs is 3. The highest BCUT2D eigenvalue weighted by Crippen LogP contribution is 2.40. The van der Waals surface area contributed by atoms with Gasteiger partial charge in [-0.25, -0.2) is 4.79 Å². The number of carboxylic acids is 1. The van der Waals surface area contributed by atoms with Gasteiger partial charge in [-0.05, 0) is 42.4 Å². The topological polar surface area (TPSA) is 77.8 Å². The second-order valence-corrected chi connectivity index (χ2v) is 7.58. The lowest BCUT2D eigenvalue weighted by molar-refractivity contribution is 0.0694. The number of methoxy groups -OCH3 is 2. The first-order chi connectivity index (χ1) is 13.4. The van der Waals surface area contributed by atoms with Crippen LogP contribution in [0, 0.1) is 5.92 Å². The zero-order chi connectivity index (χ0) is 20.4. The highest BCUT2D eigenvalue weighted by molar-refractivity contribution is 5.87. The van der Waals surface area contributed by atoms with E-state index in [0.717, 1.165) is 47.4 Å². The normalized spacial score (nSPS) is 15.2. The Morgan fingerprint density at radius 1 is 1.29 bits per heavy atom. The van der Waals surface area contributed by atoms with Crippen molar-refractivity contribution in [3.05, 3.63) is 51.3 Å². The summed E-state index contributed by atoms with van der Waals surface area (Å²) in [5, 5.41) is 9.37. The van der Waals surface area contributed by atoms with Gasteiger partial charge in [-0.3, -0.25) is 4.79 Å². The molecule has 1 aromatic heterocycles. The molecular formula is C22H27NO5. The molecule has 2 heterocycles. The average molecular weight is 385 g/mol. The average Bonchev–Trinajstić information content (AvgIpc) is 2.66. The molecule has 3 rings (SSSR count). The Morgan fingerprint density at radius 2 is 2.04 bits per heavy atom. The zero-order valence-corrected chi connectivity index (χ0v) is 16.8. The maximum absolute atomic E-state index is 12.4. The molecule has 0 aliphatic carbocycles. The van der Waals surface area contributed by atoms with Crippen molar-refractivity contribution >= 4 is 5.97 Å². The number of ether oxygens (including phenoxy) is 2. The highest BCUT2D eigenvalue weighted by atomic mass is 16.5. The molecule has 2 aromatic rings. The molecule has 1 atom stereocenters. The van der Waals surface area contributed by atoms with Crippen LogP contribution in [0.2, 0.25) is 0 Å². The Kier molecular flexibility index (Phi) is 5.89. The van der Waals surface area contributed by atoms with Crippen molar-refractivity contribution in [3.8, 4) is 17.0 Å². The summed E-state index contributed by atoms with van der Waals surface area (Å²) in [4.78, 5) is 23.8. The van der Waals surface area contributed by atoms with Crippen molar-refractivity contribution in [2.24, 2.45) is 5.92 Å². The molecule has 28 heavy (non-hydrogen) atoms. The number of pyridine rings is 1. The van der Waals surface area contributed by atoms with Crippen LogP contribution in [0.15, 0.2) is 29.2 Å². The first-order valence-corrected chi connectivity index (χ1v) is 9.56. The summed E-state index contributed by atoms with van der Waals surface area (Å²) in [5.41, 5.74) is 3.29. The standard InChI is InChI=1S/C22H27NO5/c1-13(2)18-9-15-8-14(6-5-7-27-3)21(28-4)10-16(15)19-11-20(24)17(22(25)26)12-23(18)19/h8,10-13,18H,5-7,9H2,1-4H3,(H,25,26). The summed E-state index contributed by atoms with van der Waals surface area (Å²) in [6.45, 7) is 4.91. The first kappa shape index (κ1) is 20.1. The second kappa shape index (κ2) is 8.19. The van der Waals surface area contributed by atoms with Gasteiger partial charge in [0.2, 0.25) is 0 Å².